The van der Waals surface area contributed by atoms with E-state index in [-0.39, 0.29) is 30.6 Å². The van der Waals surface area contributed by atoms with Crippen molar-refractivity contribution in [2.75, 3.05) is 13.1 Å². The minimum atomic E-state index is -0.0151. The van der Waals surface area contributed by atoms with Gasteiger partial charge in [0.05, 0.1) is 6.04 Å². The second kappa shape index (κ2) is 5.43. The van der Waals surface area contributed by atoms with Crippen molar-refractivity contribution >= 4 is 11.9 Å². The van der Waals surface area contributed by atoms with E-state index in [1.165, 1.54) is 32.1 Å². The van der Waals surface area contributed by atoms with Crippen molar-refractivity contribution < 1.29 is 9.59 Å². The average molecular weight is 305 g/mol. The number of urea groups is 1. The number of nitrogens with zero attached hydrogens (tertiary/aromatic N) is 1. The van der Waals surface area contributed by atoms with Crippen LogP contribution in [0.25, 0.3) is 0 Å². The monoisotopic (exact) mass is 305 g/mol. The van der Waals surface area contributed by atoms with Crippen LogP contribution >= 0.6 is 0 Å². The molecule has 4 aliphatic rings. The SMILES string of the molecule is O=C1CN(C(=O)NCC2(C3CC3)CCC2)C2CCCCC2N1. The molecule has 0 aromatic heterocycles. The van der Waals surface area contributed by atoms with E-state index in [4.69, 9.17) is 0 Å². The molecule has 2 unspecified atom stereocenters. The zero-order chi connectivity index (χ0) is 15.2. The summed E-state index contributed by atoms with van der Waals surface area (Å²) in [5, 5.41) is 6.24. The first-order valence-electron chi connectivity index (χ1n) is 9.02. The lowest BCUT2D eigenvalue weighted by Gasteiger charge is -2.46. The summed E-state index contributed by atoms with van der Waals surface area (Å²) >= 11 is 0. The predicted octanol–water partition coefficient (Wildman–Crippen LogP) is 2.02. The fourth-order valence-electron chi connectivity index (χ4n) is 4.81. The molecular formula is C17H27N3O2. The molecule has 0 aromatic carbocycles. The van der Waals surface area contributed by atoms with Gasteiger partial charge in [0.15, 0.2) is 0 Å². The van der Waals surface area contributed by atoms with Gasteiger partial charge in [-0.25, -0.2) is 4.79 Å². The number of hydrogen-bond donors (Lipinski definition) is 2. The Labute approximate surface area is 132 Å². The van der Waals surface area contributed by atoms with Crippen molar-refractivity contribution in [1.82, 2.24) is 15.5 Å². The van der Waals surface area contributed by atoms with Gasteiger partial charge in [0.25, 0.3) is 0 Å². The minimum absolute atomic E-state index is 0.00106. The Morgan fingerprint density at radius 3 is 2.64 bits per heavy atom. The molecule has 0 bridgehead atoms. The molecule has 5 nitrogen and oxygen atoms in total. The molecule has 0 radical (unpaired) electrons. The molecule has 0 aromatic rings. The maximum atomic E-state index is 12.7. The Bertz CT molecular complexity index is 471. The Morgan fingerprint density at radius 1 is 1.18 bits per heavy atom. The highest BCUT2D eigenvalue weighted by atomic mass is 16.2. The first-order chi connectivity index (χ1) is 10.7. The molecule has 3 amide bonds. The van der Waals surface area contributed by atoms with E-state index in [9.17, 15) is 9.59 Å². The van der Waals surface area contributed by atoms with Crippen molar-refractivity contribution in [1.29, 1.82) is 0 Å². The van der Waals surface area contributed by atoms with Crippen LogP contribution in [0.1, 0.15) is 57.8 Å². The lowest BCUT2D eigenvalue weighted by molar-refractivity contribution is -0.126. The van der Waals surface area contributed by atoms with Gasteiger partial charge in [-0.3, -0.25) is 4.79 Å². The van der Waals surface area contributed by atoms with Gasteiger partial charge in [-0.1, -0.05) is 19.3 Å². The molecule has 0 spiro atoms. The molecule has 122 valence electrons. The number of nitrogens with one attached hydrogen (secondary N) is 2. The highest BCUT2D eigenvalue weighted by Crippen LogP contribution is 2.56. The van der Waals surface area contributed by atoms with Crippen molar-refractivity contribution in [3.8, 4) is 0 Å². The zero-order valence-electron chi connectivity index (χ0n) is 13.3. The second-order valence-corrected chi connectivity index (χ2v) is 7.80. The summed E-state index contributed by atoms with van der Waals surface area (Å²) in [4.78, 5) is 26.4. The summed E-state index contributed by atoms with van der Waals surface area (Å²) in [6, 6.07) is 0.352. The average Bonchev–Trinajstić information content (AvgIpc) is 3.30. The molecule has 1 aliphatic heterocycles. The van der Waals surface area contributed by atoms with E-state index in [0.717, 1.165) is 38.1 Å². The van der Waals surface area contributed by atoms with Crippen molar-refractivity contribution in [2.24, 2.45) is 11.3 Å². The number of carbonyl (C=O) groups excluding carboxylic acids is 2. The normalized spacial score (nSPS) is 33.5. The third-order valence-electron chi connectivity index (χ3n) is 6.44. The summed E-state index contributed by atoms with van der Waals surface area (Å²) in [5.41, 5.74) is 0.389. The number of piperazine rings is 1. The molecule has 3 aliphatic carbocycles. The Morgan fingerprint density at radius 2 is 1.95 bits per heavy atom. The number of fused-ring (bicyclic) bond motifs is 1. The summed E-state index contributed by atoms with van der Waals surface area (Å²) in [6.07, 6.45) is 10.9. The summed E-state index contributed by atoms with van der Waals surface area (Å²) < 4.78 is 0. The van der Waals surface area contributed by atoms with Crippen LogP contribution in [0.2, 0.25) is 0 Å². The minimum Gasteiger partial charge on any atom is -0.350 e. The van der Waals surface area contributed by atoms with E-state index in [2.05, 4.69) is 10.6 Å². The molecule has 2 atom stereocenters. The Hall–Kier alpha value is -1.26. The largest absolute Gasteiger partial charge is 0.350 e. The molecule has 4 fully saturated rings. The van der Waals surface area contributed by atoms with Gasteiger partial charge in [0.2, 0.25) is 5.91 Å². The van der Waals surface area contributed by atoms with Gasteiger partial charge in [0, 0.05) is 12.6 Å². The van der Waals surface area contributed by atoms with Crippen LogP contribution in [0.4, 0.5) is 4.79 Å². The van der Waals surface area contributed by atoms with Gasteiger partial charge in [-0.05, 0) is 49.9 Å². The predicted molar refractivity (Wildman–Crippen MR) is 83.3 cm³/mol. The Kier molecular flexibility index (Phi) is 3.54. The molecule has 22 heavy (non-hydrogen) atoms. The highest BCUT2D eigenvalue weighted by Gasteiger charge is 2.49. The molecule has 4 rings (SSSR count). The fraction of sp³-hybridized carbons (Fsp3) is 0.882. The van der Waals surface area contributed by atoms with Gasteiger partial charge in [-0.15, -0.1) is 0 Å². The van der Waals surface area contributed by atoms with Crippen LogP contribution in [-0.2, 0) is 4.79 Å². The second-order valence-electron chi connectivity index (χ2n) is 7.80. The number of hydrogen-bond acceptors (Lipinski definition) is 2. The number of amides is 3. The van der Waals surface area contributed by atoms with Crippen LogP contribution in [0, 0.1) is 11.3 Å². The van der Waals surface area contributed by atoms with E-state index in [1.807, 2.05) is 4.90 Å². The molecule has 5 heteroatoms. The summed E-state index contributed by atoms with van der Waals surface area (Å²) in [6.45, 7) is 1.04. The molecule has 2 N–H and O–H groups in total. The smallest absolute Gasteiger partial charge is 0.318 e. The van der Waals surface area contributed by atoms with Crippen molar-refractivity contribution in [2.45, 2.75) is 69.9 Å². The fourth-order valence-corrected chi connectivity index (χ4v) is 4.81. The van der Waals surface area contributed by atoms with Crippen LogP contribution in [0.15, 0.2) is 0 Å². The molecular weight excluding hydrogens is 278 g/mol. The quantitative estimate of drug-likeness (QED) is 0.838. The number of rotatable bonds is 3. The lowest BCUT2D eigenvalue weighted by atomic mass is 9.65. The topological polar surface area (TPSA) is 61.4 Å². The third-order valence-corrected chi connectivity index (χ3v) is 6.44. The van der Waals surface area contributed by atoms with E-state index >= 15 is 0 Å². The standard InChI is InChI=1S/C17H27N3O2/c21-15-10-20(14-5-2-1-4-13(14)19-15)16(22)18-11-17(8-3-9-17)12-6-7-12/h12-14H,1-11H2,(H,18,22)(H,19,21). The zero-order valence-corrected chi connectivity index (χ0v) is 13.3. The molecule has 1 heterocycles. The maximum Gasteiger partial charge on any atom is 0.318 e. The maximum absolute atomic E-state index is 12.7. The van der Waals surface area contributed by atoms with Crippen LogP contribution in [-0.4, -0.2) is 42.0 Å². The van der Waals surface area contributed by atoms with Gasteiger partial charge >= 0.3 is 6.03 Å². The van der Waals surface area contributed by atoms with Gasteiger partial charge < -0.3 is 15.5 Å². The van der Waals surface area contributed by atoms with Crippen molar-refractivity contribution in [3.63, 3.8) is 0 Å². The van der Waals surface area contributed by atoms with E-state index in [0.29, 0.717) is 5.41 Å². The first-order valence-corrected chi connectivity index (χ1v) is 9.02. The van der Waals surface area contributed by atoms with E-state index in [1.54, 1.807) is 0 Å². The van der Waals surface area contributed by atoms with Crippen LogP contribution in [0.3, 0.4) is 0 Å². The van der Waals surface area contributed by atoms with E-state index < -0.39 is 0 Å². The Balaban J connectivity index is 1.39. The third kappa shape index (κ3) is 2.48. The first kappa shape index (κ1) is 14.3. The summed E-state index contributed by atoms with van der Waals surface area (Å²) in [5.74, 6) is 0.840. The van der Waals surface area contributed by atoms with Crippen LogP contribution < -0.4 is 10.6 Å². The van der Waals surface area contributed by atoms with Gasteiger partial charge in [-0.2, -0.15) is 0 Å². The van der Waals surface area contributed by atoms with Crippen LogP contribution in [0.5, 0.6) is 0 Å². The number of carbonyl (C=O) groups is 2. The van der Waals surface area contributed by atoms with Gasteiger partial charge in [0.1, 0.15) is 6.54 Å². The molecule has 3 saturated carbocycles. The highest BCUT2D eigenvalue weighted by molar-refractivity contribution is 5.86. The summed E-state index contributed by atoms with van der Waals surface area (Å²) in [7, 11) is 0. The lowest BCUT2D eigenvalue weighted by Crippen LogP contribution is -2.65. The molecule has 1 saturated heterocycles. The van der Waals surface area contributed by atoms with Crippen molar-refractivity contribution in [3.05, 3.63) is 0 Å².